The van der Waals surface area contributed by atoms with Crippen LogP contribution in [0.1, 0.15) is 24.2 Å². The second kappa shape index (κ2) is 2.51. The van der Waals surface area contributed by atoms with Gasteiger partial charge in [0.1, 0.15) is 5.76 Å². The standard InChI is InChI=1S/C9H12ClNO/c1-6-7(4-8(10)12-6)9(5-11)2-3-9/h4H,2-3,5,11H2,1H3. The molecule has 1 aromatic rings. The highest BCUT2D eigenvalue weighted by Crippen LogP contribution is 2.49. The second-order valence-electron chi connectivity index (χ2n) is 3.50. The molecule has 3 heteroatoms. The molecule has 12 heavy (non-hydrogen) atoms. The van der Waals surface area contributed by atoms with Crippen molar-refractivity contribution in [1.29, 1.82) is 0 Å². The molecule has 1 saturated carbocycles. The lowest BCUT2D eigenvalue weighted by molar-refractivity contribution is 0.524. The Kier molecular flexibility index (Phi) is 1.70. The minimum absolute atomic E-state index is 0.195. The van der Waals surface area contributed by atoms with Crippen molar-refractivity contribution in [2.75, 3.05) is 6.54 Å². The van der Waals surface area contributed by atoms with Crippen LogP contribution in [0.25, 0.3) is 0 Å². The van der Waals surface area contributed by atoms with Crippen LogP contribution in [-0.2, 0) is 5.41 Å². The number of rotatable bonds is 2. The molecule has 0 aromatic carbocycles. The van der Waals surface area contributed by atoms with E-state index in [0.29, 0.717) is 11.8 Å². The molecule has 1 heterocycles. The third kappa shape index (κ3) is 1.06. The highest BCUT2D eigenvalue weighted by molar-refractivity contribution is 6.28. The zero-order chi connectivity index (χ0) is 8.77. The van der Waals surface area contributed by atoms with Crippen molar-refractivity contribution in [3.63, 3.8) is 0 Å². The van der Waals surface area contributed by atoms with E-state index in [-0.39, 0.29) is 5.41 Å². The zero-order valence-electron chi connectivity index (χ0n) is 7.06. The highest BCUT2D eigenvalue weighted by Gasteiger charge is 2.45. The fourth-order valence-corrected chi connectivity index (χ4v) is 1.93. The second-order valence-corrected chi connectivity index (χ2v) is 3.88. The van der Waals surface area contributed by atoms with Crippen LogP contribution in [0, 0.1) is 6.92 Å². The van der Waals surface area contributed by atoms with Crippen LogP contribution in [0.2, 0.25) is 5.22 Å². The van der Waals surface area contributed by atoms with Crippen molar-refractivity contribution in [3.8, 4) is 0 Å². The number of nitrogens with two attached hydrogens (primary N) is 1. The van der Waals surface area contributed by atoms with Crippen LogP contribution in [0.15, 0.2) is 10.5 Å². The maximum absolute atomic E-state index is 5.75. The van der Waals surface area contributed by atoms with Gasteiger partial charge in [-0.3, -0.25) is 0 Å². The van der Waals surface area contributed by atoms with E-state index in [1.165, 1.54) is 18.4 Å². The summed E-state index contributed by atoms with van der Waals surface area (Å²) < 4.78 is 5.25. The minimum Gasteiger partial charge on any atom is -0.450 e. The van der Waals surface area contributed by atoms with Crippen molar-refractivity contribution in [3.05, 3.63) is 22.6 Å². The molecule has 0 aliphatic heterocycles. The van der Waals surface area contributed by atoms with Gasteiger partial charge in [0, 0.05) is 17.5 Å². The Morgan fingerprint density at radius 2 is 2.33 bits per heavy atom. The van der Waals surface area contributed by atoms with Crippen LogP contribution >= 0.6 is 11.6 Å². The van der Waals surface area contributed by atoms with Crippen LogP contribution in [-0.4, -0.2) is 6.54 Å². The molecule has 0 amide bonds. The lowest BCUT2D eigenvalue weighted by Gasteiger charge is -2.09. The summed E-state index contributed by atoms with van der Waals surface area (Å²) in [5.74, 6) is 0.919. The molecule has 2 N–H and O–H groups in total. The van der Waals surface area contributed by atoms with Crippen LogP contribution in [0.4, 0.5) is 0 Å². The quantitative estimate of drug-likeness (QED) is 0.768. The molecule has 1 fully saturated rings. The SMILES string of the molecule is Cc1oc(Cl)cc1C1(CN)CC1. The molecular weight excluding hydrogens is 174 g/mol. The smallest absolute Gasteiger partial charge is 0.193 e. The average molecular weight is 186 g/mol. The van der Waals surface area contributed by atoms with Gasteiger partial charge in [0.25, 0.3) is 0 Å². The van der Waals surface area contributed by atoms with E-state index >= 15 is 0 Å². The highest BCUT2D eigenvalue weighted by atomic mass is 35.5. The van der Waals surface area contributed by atoms with Crippen molar-refractivity contribution in [2.45, 2.75) is 25.2 Å². The monoisotopic (exact) mass is 185 g/mol. The summed E-state index contributed by atoms with van der Waals surface area (Å²) in [4.78, 5) is 0. The van der Waals surface area contributed by atoms with E-state index in [0.717, 1.165) is 5.76 Å². The fourth-order valence-electron chi connectivity index (χ4n) is 1.71. The molecule has 1 aliphatic carbocycles. The van der Waals surface area contributed by atoms with Gasteiger partial charge in [0.05, 0.1) is 0 Å². The first-order valence-electron chi connectivity index (χ1n) is 4.14. The topological polar surface area (TPSA) is 39.2 Å². The first kappa shape index (κ1) is 8.14. The van der Waals surface area contributed by atoms with Gasteiger partial charge in [-0.15, -0.1) is 0 Å². The number of halogens is 1. The predicted octanol–water partition coefficient (Wildman–Crippen LogP) is 2.23. The Balaban J connectivity index is 2.39. The predicted molar refractivity (Wildman–Crippen MR) is 48.4 cm³/mol. The zero-order valence-corrected chi connectivity index (χ0v) is 7.82. The third-order valence-electron chi connectivity index (χ3n) is 2.70. The van der Waals surface area contributed by atoms with Gasteiger partial charge in [-0.25, -0.2) is 0 Å². The Labute approximate surface area is 76.7 Å². The lowest BCUT2D eigenvalue weighted by Crippen LogP contribution is -2.19. The normalized spacial score (nSPS) is 19.6. The first-order valence-corrected chi connectivity index (χ1v) is 4.52. The van der Waals surface area contributed by atoms with Gasteiger partial charge in [-0.2, -0.15) is 0 Å². The van der Waals surface area contributed by atoms with Gasteiger partial charge >= 0.3 is 0 Å². The Hall–Kier alpha value is -0.470. The maximum atomic E-state index is 5.75. The summed E-state index contributed by atoms with van der Waals surface area (Å²) in [5, 5.41) is 0.474. The van der Waals surface area contributed by atoms with Gasteiger partial charge < -0.3 is 10.2 Å². The molecule has 66 valence electrons. The molecule has 2 rings (SSSR count). The van der Waals surface area contributed by atoms with Crippen LogP contribution in [0.5, 0.6) is 0 Å². The van der Waals surface area contributed by atoms with E-state index in [1.54, 1.807) is 0 Å². The van der Waals surface area contributed by atoms with Crippen LogP contribution in [0.3, 0.4) is 0 Å². The van der Waals surface area contributed by atoms with Crippen molar-refractivity contribution in [2.24, 2.45) is 5.73 Å². The summed E-state index contributed by atoms with van der Waals surface area (Å²) in [5.41, 5.74) is 7.09. The van der Waals surface area contributed by atoms with E-state index in [1.807, 2.05) is 13.0 Å². The largest absolute Gasteiger partial charge is 0.450 e. The van der Waals surface area contributed by atoms with E-state index in [2.05, 4.69) is 0 Å². The van der Waals surface area contributed by atoms with Crippen molar-refractivity contribution < 1.29 is 4.42 Å². The molecule has 0 bridgehead atoms. The molecule has 0 unspecified atom stereocenters. The molecule has 1 aromatic heterocycles. The minimum atomic E-state index is 0.195. The van der Waals surface area contributed by atoms with Gasteiger partial charge in [-0.05, 0) is 37.4 Å². The average Bonchev–Trinajstić information content (AvgIpc) is 2.74. The molecule has 1 aliphatic rings. The Morgan fingerprint density at radius 3 is 2.67 bits per heavy atom. The summed E-state index contributed by atoms with van der Waals surface area (Å²) in [6.07, 6.45) is 2.33. The third-order valence-corrected chi connectivity index (χ3v) is 2.89. The molecule has 0 radical (unpaired) electrons. The summed E-state index contributed by atoms with van der Waals surface area (Å²) in [6, 6.07) is 1.90. The summed E-state index contributed by atoms with van der Waals surface area (Å²) in [7, 11) is 0. The lowest BCUT2D eigenvalue weighted by atomic mass is 9.97. The summed E-state index contributed by atoms with van der Waals surface area (Å²) >= 11 is 5.75. The number of aryl methyl sites for hydroxylation is 1. The van der Waals surface area contributed by atoms with E-state index in [9.17, 15) is 0 Å². The number of furan rings is 1. The van der Waals surface area contributed by atoms with Gasteiger partial charge in [0.15, 0.2) is 5.22 Å². The molecular formula is C9H12ClNO. The van der Waals surface area contributed by atoms with Crippen molar-refractivity contribution >= 4 is 11.6 Å². The number of hydrogen-bond donors (Lipinski definition) is 1. The Morgan fingerprint density at radius 1 is 1.67 bits per heavy atom. The fraction of sp³-hybridized carbons (Fsp3) is 0.556. The van der Waals surface area contributed by atoms with E-state index in [4.69, 9.17) is 21.8 Å². The first-order chi connectivity index (χ1) is 5.68. The molecule has 0 atom stereocenters. The van der Waals surface area contributed by atoms with Gasteiger partial charge in [-0.1, -0.05) is 0 Å². The number of hydrogen-bond acceptors (Lipinski definition) is 2. The van der Waals surface area contributed by atoms with Gasteiger partial charge in [0.2, 0.25) is 0 Å². The van der Waals surface area contributed by atoms with Crippen molar-refractivity contribution in [1.82, 2.24) is 0 Å². The molecule has 2 nitrogen and oxygen atoms in total. The molecule has 0 spiro atoms. The maximum Gasteiger partial charge on any atom is 0.193 e. The summed E-state index contributed by atoms with van der Waals surface area (Å²) in [6.45, 7) is 2.64. The Bertz CT molecular complexity index is 301. The van der Waals surface area contributed by atoms with Crippen LogP contribution < -0.4 is 5.73 Å². The molecule has 0 saturated heterocycles. The van der Waals surface area contributed by atoms with E-state index < -0.39 is 0 Å².